The molecule has 1 atom stereocenters. The Bertz CT molecular complexity index is 1520. The SMILES string of the molecule is CCCOc1ccc(C=c2sc3n(c2=O)C(c2cccc(OC)c2OCC)C(C(=O)OCC)=C(C)N=3)cc1. The summed E-state index contributed by atoms with van der Waals surface area (Å²) in [6.07, 6.45) is 2.75. The first-order valence-electron chi connectivity index (χ1n) is 12.7. The Morgan fingerprint density at radius 2 is 1.84 bits per heavy atom. The third kappa shape index (κ3) is 5.38. The van der Waals surface area contributed by atoms with E-state index < -0.39 is 12.0 Å². The molecule has 1 aliphatic rings. The van der Waals surface area contributed by atoms with E-state index in [9.17, 15) is 9.59 Å². The minimum atomic E-state index is -0.797. The van der Waals surface area contributed by atoms with Gasteiger partial charge >= 0.3 is 5.97 Å². The molecule has 8 nitrogen and oxygen atoms in total. The van der Waals surface area contributed by atoms with Crippen molar-refractivity contribution in [3.8, 4) is 17.2 Å². The highest BCUT2D eigenvalue weighted by atomic mass is 32.1. The molecule has 2 heterocycles. The fourth-order valence-electron chi connectivity index (χ4n) is 4.33. The predicted octanol–water partition coefficient (Wildman–Crippen LogP) is 3.99. The molecular weight excluding hydrogens is 504 g/mol. The molecule has 0 radical (unpaired) electrons. The van der Waals surface area contributed by atoms with Gasteiger partial charge in [0.05, 0.1) is 42.7 Å². The van der Waals surface area contributed by atoms with Crippen LogP contribution >= 0.6 is 11.3 Å². The van der Waals surface area contributed by atoms with Gasteiger partial charge in [-0.1, -0.05) is 42.5 Å². The number of carbonyl (C=O) groups is 1. The zero-order valence-electron chi connectivity index (χ0n) is 22.3. The number of fused-ring (bicyclic) bond motifs is 1. The van der Waals surface area contributed by atoms with Gasteiger partial charge in [-0.25, -0.2) is 9.79 Å². The molecule has 0 fully saturated rings. The molecule has 0 N–H and O–H groups in total. The van der Waals surface area contributed by atoms with Crippen molar-refractivity contribution in [2.45, 2.75) is 40.2 Å². The van der Waals surface area contributed by atoms with Gasteiger partial charge in [0.2, 0.25) is 0 Å². The summed E-state index contributed by atoms with van der Waals surface area (Å²) in [4.78, 5) is 32.2. The molecule has 2 aromatic carbocycles. The van der Waals surface area contributed by atoms with E-state index in [-0.39, 0.29) is 17.7 Å². The first-order valence-corrected chi connectivity index (χ1v) is 13.5. The summed E-state index contributed by atoms with van der Waals surface area (Å²) in [6.45, 7) is 8.64. The van der Waals surface area contributed by atoms with Crippen molar-refractivity contribution in [1.82, 2.24) is 4.57 Å². The molecule has 0 aliphatic carbocycles. The van der Waals surface area contributed by atoms with Crippen LogP contribution in [0.1, 0.15) is 51.3 Å². The fourth-order valence-corrected chi connectivity index (χ4v) is 5.37. The lowest BCUT2D eigenvalue weighted by molar-refractivity contribution is -0.139. The van der Waals surface area contributed by atoms with Crippen molar-refractivity contribution in [2.24, 2.45) is 4.99 Å². The van der Waals surface area contributed by atoms with E-state index in [1.807, 2.05) is 49.4 Å². The smallest absolute Gasteiger partial charge is 0.338 e. The molecule has 9 heteroatoms. The minimum Gasteiger partial charge on any atom is -0.494 e. The van der Waals surface area contributed by atoms with Crippen LogP contribution in [0.2, 0.25) is 0 Å². The Morgan fingerprint density at radius 1 is 1.08 bits per heavy atom. The molecule has 1 unspecified atom stereocenters. The van der Waals surface area contributed by atoms with Gasteiger partial charge in [-0.15, -0.1) is 0 Å². The Balaban J connectivity index is 1.91. The quantitative estimate of drug-likeness (QED) is 0.364. The summed E-state index contributed by atoms with van der Waals surface area (Å²) in [5.74, 6) is 1.23. The number of allylic oxidation sites excluding steroid dienone is 1. The van der Waals surface area contributed by atoms with Crippen LogP contribution in [0.25, 0.3) is 6.08 Å². The third-order valence-electron chi connectivity index (χ3n) is 5.98. The molecule has 38 heavy (non-hydrogen) atoms. The number of carbonyl (C=O) groups excluding carboxylic acids is 1. The number of hydrogen-bond acceptors (Lipinski definition) is 8. The van der Waals surface area contributed by atoms with Gasteiger partial charge in [0.25, 0.3) is 5.56 Å². The van der Waals surface area contributed by atoms with Crippen LogP contribution in [-0.4, -0.2) is 37.5 Å². The maximum absolute atomic E-state index is 13.9. The maximum Gasteiger partial charge on any atom is 0.338 e. The van der Waals surface area contributed by atoms with Gasteiger partial charge in [-0.2, -0.15) is 0 Å². The Kier molecular flexibility index (Phi) is 8.68. The maximum atomic E-state index is 13.9. The van der Waals surface area contributed by atoms with E-state index in [1.165, 1.54) is 11.3 Å². The predicted molar refractivity (Wildman–Crippen MR) is 147 cm³/mol. The summed E-state index contributed by atoms with van der Waals surface area (Å²) >= 11 is 1.27. The van der Waals surface area contributed by atoms with E-state index >= 15 is 0 Å². The Labute approximate surface area is 225 Å². The molecule has 0 amide bonds. The van der Waals surface area contributed by atoms with Crippen molar-refractivity contribution in [3.05, 3.63) is 84.5 Å². The highest BCUT2D eigenvalue weighted by Crippen LogP contribution is 2.40. The molecule has 3 aromatic rings. The molecule has 0 saturated heterocycles. The van der Waals surface area contributed by atoms with Crippen molar-refractivity contribution in [1.29, 1.82) is 0 Å². The van der Waals surface area contributed by atoms with Gasteiger partial charge in [0.15, 0.2) is 16.3 Å². The molecule has 0 bridgehead atoms. The number of aromatic nitrogens is 1. The molecule has 200 valence electrons. The Hall–Kier alpha value is -3.85. The van der Waals surface area contributed by atoms with Crippen LogP contribution in [0.5, 0.6) is 17.2 Å². The van der Waals surface area contributed by atoms with Crippen LogP contribution in [0.3, 0.4) is 0 Å². The fraction of sp³-hybridized carbons (Fsp3) is 0.345. The van der Waals surface area contributed by atoms with E-state index in [0.717, 1.165) is 17.7 Å². The third-order valence-corrected chi connectivity index (χ3v) is 6.96. The molecule has 1 aromatic heterocycles. The first-order chi connectivity index (χ1) is 18.4. The van der Waals surface area contributed by atoms with E-state index in [4.69, 9.17) is 18.9 Å². The highest BCUT2D eigenvalue weighted by Gasteiger charge is 2.35. The van der Waals surface area contributed by atoms with E-state index in [2.05, 4.69) is 11.9 Å². The zero-order valence-corrected chi connectivity index (χ0v) is 23.1. The zero-order chi connectivity index (χ0) is 27.2. The van der Waals surface area contributed by atoms with Crippen molar-refractivity contribution < 1.29 is 23.7 Å². The molecule has 0 saturated carbocycles. The normalized spacial score (nSPS) is 15.1. The Morgan fingerprint density at radius 3 is 2.50 bits per heavy atom. The van der Waals surface area contributed by atoms with Crippen LogP contribution in [-0.2, 0) is 9.53 Å². The summed E-state index contributed by atoms with van der Waals surface area (Å²) in [7, 11) is 1.55. The summed E-state index contributed by atoms with van der Waals surface area (Å²) in [6, 6.07) is 12.2. The number of hydrogen-bond donors (Lipinski definition) is 0. The lowest BCUT2D eigenvalue weighted by Gasteiger charge is -2.26. The molecule has 0 spiro atoms. The lowest BCUT2D eigenvalue weighted by atomic mass is 9.94. The number of ether oxygens (including phenoxy) is 4. The average Bonchev–Trinajstić information content (AvgIpc) is 3.22. The van der Waals surface area contributed by atoms with E-state index in [1.54, 1.807) is 31.6 Å². The first kappa shape index (κ1) is 27.2. The number of benzene rings is 2. The molecule has 4 rings (SSSR count). The van der Waals surface area contributed by atoms with Crippen LogP contribution in [0, 0.1) is 0 Å². The van der Waals surface area contributed by atoms with E-state index in [0.29, 0.717) is 45.3 Å². The average molecular weight is 537 g/mol. The molecular formula is C29H32N2O6S. The second-order valence-corrected chi connectivity index (χ2v) is 9.54. The summed E-state index contributed by atoms with van der Waals surface area (Å²) in [5, 5.41) is 0. The second kappa shape index (κ2) is 12.1. The van der Waals surface area contributed by atoms with Crippen LogP contribution in [0.15, 0.2) is 63.5 Å². The molecule has 1 aliphatic heterocycles. The standard InChI is InChI=1S/C29H32N2O6S/c1-6-16-37-20-14-12-19(13-15-20)17-23-27(32)31-25(21-10-9-11-22(34-5)26(21)35-7-2)24(28(33)36-8-3)18(4)30-29(31)38-23/h9-15,17,25H,6-8,16H2,1-5H3. The number of nitrogens with zero attached hydrogens (tertiary/aromatic N) is 2. The monoisotopic (exact) mass is 536 g/mol. The number of methoxy groups -OCH3 is 1. The minimum absolute atomic E-state index is 0.196. The number of para-hydroxylation sites is 1. The van der Waals surface area contributed by atoms with Gasteiger partial charge in [0.1, 0.15) is 11.8 Å². The number of esters is 1. The second-order valence-electron chi connectivity index (χ2n) is 8.53. The largest absolute Gasteiger partial charge is 0.494 e. The van der Waals surface area contributed by atoms with Gasteiger partial charge < -0.3 is 18.9 Å². The summed E-state index contributed by atoms with van der Waals surface area (Å²) < 4.78 is 24.6. The van der Waals surface area contributed by atoms with Crippen molar-refractivity contribution in [3.63, 3.8) is 0 Å². The number of thiazole rings is 1. The lowest BCUT2D eigenvalue weighted by Crippen LogP contribution is -2.40. The topological polar surface area (TPSA) is 88.3 Å². The number of rotatable bonds is 10. The highest BCUT2D eigenvalue weighted by molar-refractivity contribution is 7.07. The van der Waals surface area contributed by atoms with Crippen molar-refractivity contribution in [2.75, 3.05) is 26.9 Å². The van der Waals surface area contributed by atoms with Gasteiger partial charge in [0, 0.05) is 5.56 Å². The van der Waals surface area contributed by atoms with Crippen LogP contribution in [0.4, 0.5) is 0 Å². The summed E-state index contributed by atoms with van der Waals surface area (Å²) in [5.41, 5.74) is 1.99. The van der Waals surface area contributed by atoms with Gasteiger partial charge in [-0.05, 0) is 57.0 Å². The van der Waals surface area contributed by atoms with Crippen LogP contribution < -0.4 is 29.1 Å². The van der Waals surface area contributed by atoms with Gasteiger partial charge in [-0.3, -0.25) is 9.36 Å². The van der Waals surface area contributed by atoms with Crippen molar-refractivity contribution >= 4 is 23.4 Å².